The number of primary amides is 1. The lowest BCUT2D eigenvalue weighted by Crippen LogP contribution is -2.55. The number of carbonyl (C=O) groups excluding carboxylic acids is 3. The summed E-state index contributed by atoms with van der Waals surface area (Å²) in [5, 5.41) is 14.2. The van der Waals surface area contributed by atoms with Crippen LogP contribution in [0.5, 0.6) is 5.75 Å². The second-order valence-electron chi connectivity index (χ2n) is 8.47. The molecule has 0 radical (unpaired) electrons. The molecule has 2 aromatic carbocycles. The Morgan fingerprint density at radius 3 is 2.12 bits per heavy atom. The smallest absolute Gasteiger partial charge is 0.408 e. The summed E-state index contributed by atoms with van der Waals surface area (Å²) in [6.07, 6.45) is -0.733. The molecule has 0 aliphatic heterocycles. The molecule has 0 saturated carbocycles. The van der Waals surface area contributed by atoms with Gasteiger partial charge in [0.15, 0.2) is 0 Å². The summed E-state index contributed by atoms with van der Waals surface area (Å²) in [5.41, 5.74) is 6.46. The van der Waals surface area contributed by atoms with Crippen LogP contribution in [0.3, 0.4) is 0 Å². The molecule has 5 N–H and O–H groups in total. The van der Waals surface area contributed by atoms with Crippen LogP contribution in [0.2, 0.25) is 0 Å². The molecule has 0 aliphatic carbocycles. The Morgan fingerprint density at radius 1 is 0.939 bits per heavy atom. The first-order valence-corrected chi connectivity index (χ1v) is 10.5. The number of nitrogens with two attached hydrogens (primary N) is 1. The van der Waals surface area contributed by atoms with Crippen molar-refractivity contribution in [3.8, 4) is 5.75 Å². The van der Waals surface area contributed by atoms with Gasteiger partial charge < -0.3 is 30.9 Å². The van der Waals surface area contributed by atoms with E-state index in [0.717, 1.165) is 11.1 Å². The summed E-state index contributed by atoms with van der Waals surface area (Å²) in [4.78, 5) is 36.3. The van der Waals surface area contributed by atoms with Crippen molar-refractivity contribution in [2.24, 2.45) is 5.73 Å². The monoisotopic (exact) mass is 457 g/mol. The SMILES string of the molecule is CC(C)(C)OC(=O)N[C@@H](CO)C(=O)N[C@H](Cc1ccc(OCc2ccccc2)cc1)C(N)=O. The third-order valence-corrected chi connectivity index (χ3v) is 4.46. The Balaban J connectivity index is 1.94. The number of hydrogen-bond acceptors (Lipinski definition) is 6. The molecule has 0 saturated heterocycles. The lowest BCUT2D eigenvalue weighted by Gasteiger charge is -2.23. The predicted molar refractivity (Wildman–Crippen MR) is 122 cm³/mol. The maximum atomic E-state index is 12.5. The summed E-state index contributed by atoms with van der Waals surface area (Å²) in [7, 11) is 0. The zero-order valence-electron chi connectivity index (χ0n) is 19.0. The molecule has 0 fully saturated rings. The van der Waals surface area contributed by atoms with Crippen LogP contribution < -0.4 is 21.1 Å². The summed E-state index contributed by atoms with van der Waals surface area (Å²) in [6.45, 7) is 4.75. The molecule has 33 heavy (non-hydrogen) atoms. The Labute approximate surface area is 193 Å². The molecule has 9 nitrogen and oxygen atoms in total. The first-order chi connectivity index (χ1) is 15.6. The average molecular weight is 458 g/mol. The Kier molecular flexibility index (Phi) is 9.23. The van der Waals surface area contributed by atoms with Gasteiger partial charge in [-0.2, -0.15) is 0 Å². The summed E-state index contributed by atoms with van der Waals surface area (Å²) < 4.78 is 10.8. The highest BCUT2D eigenvalue weighted by Crippen LogP contribution is 2.15. The third kappa shape index (κ3) is 9.20. The Morgan fingerprint density at radius 2 is 1.58 bits per heavy atom. The molecule has 0 aromatic heterocycles. The first kappa shape index (κ1) is 25.7. The van der Waals surface area contributed by atoms with Crippen molar-refractivity contribution in [3.05, 3.63) is 65.7 Å². The zero-order chi connectivity index (χ0) is 24.4. The number of benzene rings is 2. The van der Waals surface area contributed by atoms with E-state index < -0.39 is 42.2 Å². The van der Waals surface area contributed by atoms with Crippen molar-refractivity contribution < 1.29 is 29.0 Å². The number of ether oxygens (including phenoxy) is 2. The van der Waals surface area contributed by atoms with E-state index in [1.165, 1.54) is 0 Å². The third-order valence-electron chi connectivity index (χ3n) is 4.46. The van der Waals surface area contributed by atoms with Crippen LogP contribution in [0.4, 0.5) is 4.79 Å². The Bertz CT molecular complexity index is 925. The van der Waals surface area contributed by atoms with E-state index in [9.17, 15) is 19.5 Å². The molecule has 178 valence electrons. The fourth-order valence-electron chi connectivity index (χ4n) is 2.84. The number of nitrogens with one attached hydrogen (secondary N) is 2. The highest BCUT2D eigenvalue weighted by Gasteiger charge is 2.27. The topological polar surface area (TPSA) is 140 Å². The fraction of sp³-hybridized carbons (Fsp3) is 0.375. The maximum absolute atomic E-state index is 12.5. The average Bonchev–Trinajstić information content (AvgIpc) is 2.75. The molecular formula is C24H31N3O6. The van der Waals surface area contributed by atoms with Crippen molar-refractivity contribution in [3.63, 3.8) is 0 Å². The molecule has 0 heterocycles. The number of rotatable bonds is 10. The number of hydrogen-bond donors (Lipinski definition) is 4. The van der Waals surface area contributed by atoms with Crippen LogP contribution in [0.25, 0.3) is 0 Å². The van der Waals surface area contributed by atoms with Gasteiger partial charge in [-0.05, 0) is 44.0 Å². The van der Waals surface area contributed by atoms with Crippen LogP contribution in [-0.2, 0) is 27.4 Å². The molecular weight excluding hydrogens is 426 g/mol. The van der Waals surface area contributed by atoms with Crippen molar-refractivity contribution in [1.29, 1.82) is 0 Å². The van der Waals surface area contributed by atoms with Crippen LogP contribution in [0.1, 0.15) is 31.9 Å². The van der Waals surface area contributed by atoms with E-state index in [4.69, 9.17) is 15.2 Å². The van der Waals surface area contributed by atoms with Gasteiger partial charge in [0, 0.05) is 6.42 Å². The minimum Gasteiger partial charge on any atom is -0.489 e. The van der Waals surface area contributed by atoms with Crippen molar-refractivity contribution in [1.82, 2.24) is 10.6 Å². The van der Waals surface area contributed by atoms with E-state index in [2.05, 4.69) is 10.6 Å². The van der Waals surface area contributed by atoms with E-state index in [1.807, 2.05) is 30.3 Å². The van der Waals surface area contributed by atoms with Crippen LogP contribution >= 0.6 is 0 Å². The second kappa shape index (κ2) is 11.9. The molecule has 0 spiro atoms. The van der Waals surface area contributed by atoms with Gasteiger partial charge in [0.25, 0.3) is 0 Å². The molecule has 0 aliphatic rings. The largest absolute Gasteiger partial charge is 0.489 e. The molecule has 0 unspecified atom stereocenters. The lowest BCUT2D eigenvalue weighted by atomic mass is 10.0. The Hall–Kier alpha value is -3.59. The van der Waals surface area contributed by atoms with Crippen molar-refractivity contribution >= 4 is 17.9 Å². The first-order valence-electron chi connectivity index (χ1n) is 10.5. The van der Waals surface area contributed by atoms with Gasteiger partial charge in [-0.3, -0.25) is 9.59 Å². The number of aliphatic hydroxyl groups excluding tert-OH is 1. The van der Waals surface area contributed by atoms with Crippen molar-refractivity contribution in [2.75, 3.05) is 6.61 Å². The highest BCUT2D eigenvalue weighted by atomic mass is 16.6. The number of carbonyl (C=O) groups is 3. The molecule has 2 aromatic rings. The molecule has 9 heteroatoms. The summed E-state index contributed by atoms with van der Waals surface area (Å²) in [5.74, 6) is -0.846. The normalized spacial score (nSPS) is 12.8. The van der Waals surface area contributed by atoms with E-state index in [-0.39, 0.29) is 6.42 Å². The van der Waals surface area contributed by atoms with E-state index in [1.54, 1.807) is 45.0 Å². The van der Waals surface area contributed by atoms with Gasteiger partial charge in [-0.15, -0.1) is 0 Å². The number of aliphatic hydroxyl groups is 1. The summed E-state index contributed by atoms with van der Waals surface area (Å²) >= 11 is 0. The van der Waals surface area contributed by atoms with Crippen LogP contribution in [0.15, 0.2) is 54.6 Å². The minimum atomic E-state index is -1.30. The van der Waals surface area contributed by atoms with Crippen LogP contribution in [0, 0.1) is 0 Å². The van der Waals surface area contributed by atoms with Gasteiger partial charge in [0.05, 0.1) is 6.61 Å². The van der Waals surface area contributed by atoms with Gasteiger partial charge in [-0.1, -0.05) is 42.5 Å². The minimum absolute atomic E-state index is 0.130. The van der Waals surface area contributed by atoms with Crippen molar-refractivity contribution in [2.45, 2.75) is 51.5 Å². The zero-order valence-corrected chi connectivity index (χ0v) is 19.0. The van der Waals surface area contributed by atoms with Gasteiger partial charge >= 0.3 is 6.09 Å². The lowest BCUT2D eigenvalue weighted by molar-refractivity contribution is -0.129. The van der Waals surface area contributed by atoms with E-state index in [0.29, 0.717) is 12.4 Å². The molecule has 0 bridgehead atoms. The summed E-state index contributed by atoms with van der Waals surface area (Å²) in [6, 6.07) is 14.5. The second-order valence-corrected chi connectivity index (χ2v) is 8.47. The molecule has 2 rings (SSSR count). The molecule has 2 atom stereocenters. The maximum Gasteiger partial charge on any atom is 0.408 e. The number of amides is 3. The van der Waals surface area contributed by atoms with Gasteiger partial charge in [-0.25, -0.2) is 4.79 Å². The number of alkyl carbamates (subject to hydrolysis) is 1. The van der Waals surface area contributed by atoms with Crippen LogP contribution in [-0.4, -0.2) is 47.3 Å². The standard InChI is InChI=1S/C24H31N3O6/c1-24(2,3)33-23(31)27-20(14-28)22(30)26-19(21(25)29)13-16-9-11-18(12-10-16)32-15-17-7-5-4-6-8-17/h4-12,19-20,28H,13-15H2,1-3H3,(H2,25,29)(H,26,30)(H,27,31)/t19-,20+/m1/s1. The van der Waals surface area contributed by atoms with E-state index >= 15 is 0 Å². The van der Waals surface area contributed by atoms with Gasteiger partial charge in [0.2, 0.25) is 11.8 Å². The fourth-order valence-corrected chi connectivity index (χ4v) is 2.84. The molecule has 3 amide bonds. The van der Waals surface area contributed by atoms with Gasteiger partial charge in [0.1, 0.15) is 30.0 Å². The predicted octanol–water partition coefficient (Wildman–Crippen LogP) is 1.66. The highest BCUT2D eigenvalue weighted by molar-refractivity contribution is 5.91. The quantitative estimate of drug-likeness (QED) is 0.428.